The van der Waals surface area contributed by atoms with E-state index in [4.69, 9.17) is 10.5 Å². The molecule has 13 heteroatoms. The Morgan fingerprint density at radius 2 is 1.83 bits per heavy atom. The van der Waals surface area contributed by atoms with Gasteiger partial charge < -0.3 is 15.4 Å². The highest BCUT2D eigenvalue weighted by Gasteiger charge is 2.39. The summed E-state index contributed by atoms with van der Waals surface area (Å²) in [5, 5.41) is 9.40. The van der Waals surface area contributed by atoms with Crippen molar-refractivity contribution in [3.8, 4) is 11.6 Å². The molecule has 2 aliphatic rings. The fourth-order valence-corrected chi connectivity index (χ4v) is 4.08. The Morgan fingerprint density at radius 3 is 2.50 bits per heavy atom. The maximum Gasteiger partial charge on any atom is 0.341 e. The first-order chi connectivity index (χ1) is 17.2. The predicted molar refractivity (Wildman–Crippen MR) is 120 cm³/mol. The quantitative estimate of drug-likeness (QED) is 0.579. The molecular formula is C23H20F3N7O3. The first-order valence-electron chi connectivity index (χ1n) is 10.9. The van der Waals surface area contributed by atoms with E-state index in [9.17, 15) is 22.8 Å². The molecule has 1 aromatic carbocycles. The van der Waals surface area contributed by atoms with Gasteiger partial charge in [0.2, 0.25) is 0 Å². The predicted octanol–water partition coefficient (Wildman–Crippen LogP) is 2.71. The van der Waals surface area contributed by atoms with Gasteiger partial charge in [-0.25, -0.2) is 32.6 Å². The van der Waals surface area contributed by atoms with Gasteiger partial charge in [-0.15, -0.1) is 0 Å². The van der Waals surface area contributed by atoms with Gasteiger partial charge in [0.1, 0.15) is 17.7 Å². The maximum atomic E-state index is 14.4. The van der Waals surface area contributed by atoms with E-state index in [1.54, 1.807) is 6.92 Å². The Hall–Kier alpha value is -4.42. The monoisotopic (exact) mass is 499 g/mol. The van der Waals surface area contributed by atoms with Crippen molar-refractivity contribution in [1.82, 2.24) is 24.7 Å². The summed E-state index contributed by atoms with van der Waals surface area (Å²) in [6.07, 6.45) is 3.68. The molecule has 0 unspecified atom stereocenters. The van der Waals surface area contributed by atoms with E-state index in [0.29, 0.717) is 17.7 Å². The minimum absolute atomic E-state index is 0.0989. The molecule has 36 heavy (non-hydrogen) atoms. The smallest absolute Gasteiger partial charge is 0.341 e. The van der Waals surface area contributed by atoms with Gasteiger partial charge in [-0.3, -0.25) is 4.79 Å². The average Bonchev–Trinajstić information content (AvgIpc) is 3.43. The lowest BCUT2D eigenvalue weighted by molar-refractivity contribution is 0.0256. The van der Waals surface area contributed by atoms with Crippen LogP contribution in [-0.2, 0) is 0 Å². The van der Waals surface area contributed by atoms with Crippen molar-refractivity contribution < 1.29 is 27.5 Å². The lowest BCUT2D eigenvalue weighted by Gasteiger charge is -2.41. The molecule has 1 saturated heterocycles. The first-order valence-corrected chi connectivity index (χ1v) is 10.9. The highest BCUT2D eigenvalue weighted by atomic mass is 19.1. The second-order valence-corrected chi connectivity index (χ2v) is 8.43. The van der Waals surface area contributed by atoms with Crippen molar-refractivity contribution in [2.24, 2.45) is 10.8 Å². The third kappa shape index (κ3) is 4.34. The zero-order chi connectivity index (χ0) is 25.6. The summed E-state index contributed by atoms with van der Waals surface area (Å²) in [6.45, 7) is 1.91. The summed E-state index contributed by atoms with van der Waals surface area (Å²) < 4.78 is 48.7. The number of hydrazone groups is 1. The number of nitrogens with two attached hydrogens (primary N) is 1. The summed E-state index contributed by atoms with van der Waals surface area (Å²) >= 11 is 0. The Morgan fingerprint density at radius 1 is 1.11 bits per heavy atom. The number of ether oxygens (including phenoxy) is 1. The van der Waals surface area contributed by atoms with E-state index in [1.165, 1.54) is 45.2 Å². The molecule has 186 valence electrons. The Balaban J connectivity index is 1.24. The van der Waals surface area contributed by atoms with Crippen LogP contribution in [0.1, 0.15) is 34.1 Å². The van der Waals surface area contributed by atoms with Crippen molar-refractivity contribution in [3.05, 3.63) is 70.9 Å². The van der Waals surface area contributed by atoms with Crippen molar-refractivity contribution in [3.63, 3.8) is 0 Å². The number of likely N-dealkylation sites (tertiary alicyclic amines) is 1. The van der Waals surface area contributed by atoms with Gasteiger partial charge in [0.25, 0.3) is 5.91 Å². The number of hydrogen-bond acceptors (Lipinski definition) is 6. The van der Waals surface area contributed by atoms with E-state index >= 15 is 0 Å². The summed E-state index contributed by atoms with van der Waals surface area (Å²) in [5.41, 5.74) is 6.22. The number of amides is 3. The van der Waals surface area contributed by atoms with Crippen LogP contribution in [0.2, 0.25) is 0 Å². The minimum atomic E-state index is -0.739. The van der Waals surface area contributed by atoms with Crippen molar-refractivity contribution in [2.75, 3.05) is 13.1 Å². The molecule has 3 amide bonds. The molecule has 0 spiro atoms. The first kappa shape index (κ1) is 23.3. The van der Waals surface area contributed by atoms with Gasteiger partial charge in [-0.2, -0.15) is 10.2 Å². The van der Waals surface area contributed by atoms with Crippen molar-refractivity contribution in [1.29, 1.82) is 0 Å². The van der Waals surface area contributed by atoms with Crippen molar-refractivity contribution in [2.45, 2.75) is 25.5 Å². The lowest BCUT2D eigenvalue weighted by Crippen LogP contribution is -2.58. The van der Waals surface area contributed by atoms with Crippen LogP contribution in [0.3, 0.4) is 0 Å². The van der Waals surface area contributed by atoms with E-state index in [0.717, 1.165) is 12.3 Å². The maximum absolute atomic E-state index is 14.4. The standard InChI is InChI=1S/C23H20F3N7O3/c1-12-17(22(27)34)11-32(30-12)21-7-20(18(26)8-28-21)36-16-9-31(10-16)23(35)33-19(2-3-29-33)13-4-14(24)6-15(25)5-13/h3-8,11,16,19H,2,9-10H2,1H3,(H2,27,34)/t19-/m0/s1. The number of carbonyl (C=O) groups is 2. The topological polar surface area (TPSA) is 119 Å². The van der Waals surface area contributed by atoms with Gasteiger partial charge in [0.15, 0.2) is 17.4 Å². The number of rotatable bonds is 5. The van der Waals surface area contributed by atoms with E-state index < -0.39 is 41.5 Å². The number of nitrogens with zero attached hydrogens (tertiary/aromatic N) is 6. The Kier molecular flexibility index (Phi) is 5.82. The molecule has 10 nitrogen and oxygen atoms in total. The number of hydrogen-bond donors (Lipinski definition) is 1. The van der Waals surface area contributed by atoms with Crippen LogP contribution in [0.5, 0.6) is 5.75 Å². The lowest BCUT2D eigenvalue weighted by atomic mass is 10.0. The number of urea groups is 1. The third-order valence-corrected chi connectivity index (χ3v) is 5.91. The summed E-state index contributed by atoms with van der Waals surface area (Å²) in [6, 6.07) is 3.34. The Labute approximate surface area is 202 Å². The Bertz CT molecular complexity index is 1370. The molecule has 5 rings (SSSR count). The molecule has 4 heterocycles. The number of primary amides is 1. The van der Waals surface area contributed by atoms with Crippen molar-refractivity contribution >= 4 is 18.2 Å². The summed E-state index contributed by atoms with van der Waals surface area (Å²) in [4.78, 5) is 29.8. The molecule has 3 aromatic rings. The number of aromatic nitrogens is 3. The van der Waals surface area contributed by atoms with Crippen LogP contribution in [0.15, 0.2) is 41.8 Å². The summed E-state index contributed by atoms with van der Waals surface area (Å²) in [7, 11) is 0. The number of benzene rings is 1. The third-order valence-electron chi connectivity index (χ3n) is 5.91. The SMILES string of the molecule is Cc1nn(-c2cc(OC3CN(C(=O)N4N=CC[C@H]4c4cc(F)cc(F)c4)C3)c(F)cn2)cc1C(N)=O. The van der Waals surface area contributed by atoms with Crippen LogP contribution in [0, 0.1) is 24.4 Å². The van der Waals surface area contributed by atoms with Crippen LogP contribution in [0.25, 0.3) is 5.82 Å². The molecule has 1 fully saturated rings. The van der Waals surface area contributed by atoms with Gasteiger partial charge in [-0.1, -0.05) is 0 Å². The molecule has 2 aliphatic heterocycles. The molecule has 1 atom stereocenters. The van der Waals surface area contributed by atoms with Crippen LogP contribution >= 0.6 is 0 Å². The van der Waals surface area contributed by atoms with Gasteiger partial charge in [0, 0.05) is 31.0 Å². The van der Waals surface area contributed by atoms with E-state index in [2.05, 4.69) is 15.2 Å². The molecule has 0 saturated carbocycles. The molecule has 2 aromatic heterocycles. The zero-order valence-electron chi connectivity index (χ0n) is 18.9. The molecule has 0 bridgehead atoms. The largest absolute Gasteiger partial charge is 0.483 e. The number of pyridine rings is 1. The average molecular weight is 499 g/mol. The van der Waals surface area contributed by atoms with Crippen LogP contribution in [0.4, 0.5) is 18.0 Å². The number of aryl methyl sites for hydroxylation is 1. The number of carbonyl (C=O) groups excluding carboxylic acids is 2. The number of halogens is 3. The fraction of sp³-hybridized carbons (Fsp3) is 0.261. The highest BCUT2D eigenvalue weighted by molar-refractivity contribution is 5.93. The fourth-order valence-electron chi connectivity index (χ4n) is 4.08. The van der Waals surface area contributed by atoms with Gasteiger partial charge >= 0.3 is 6.03 Å². The van der Waals surface area contributed by atoms with Gasteiger partial charge in [0.05, 0.1) is 36.6 Å². The molecule has 0 radical (unpaired) electrons. The molecular weight excluding hydrogens is 479 g/mol. The summed E-state index contributed by atoms with van der Waals surface area (Å²) in [5.74, 6) is -2.72. The van der Waals surface area contributed by atoms with Crippen LogP contribution < -0.4 is 10.5 Å². The minimum Gasteiger partial charge on any atom is -0.483 e. The molecule has 2 N–H and O–H groups in total. The highest BCUT2D eigenvalue weighted by Crippen LogP contribution is 2.32. The molecule has 0 aliphatic carbocycles. The zero-order valence-corrected chi connectivity index (χ0v) is 18.9. The van der Waals surface area contributed by atoms with Crippen LogP contribution in [-0.4, -0.2) is 62.0 Å². The van der Waals surface area contributed by atoms with Gasteiger partial charge in [-0.05, 0) is 24.6 Å². The second-order valence-electron chi connectivity index (χ2n) is 8.43. The normalized spacial score (nSPS) is 17.4. The second kappa shape index (κ2) is 8.98. The van der Waals surface area contributed by atoms with E-state index in [-0.39, 0.29) is 30.2 Å². The van der Waals surface area contributed by atoms with E-state index in [1.807, 2.05) is 0 Å².